The van der Waals surface area contributed by atoms with Crippen molar-refractivity contribution in [2.45, 2.75) is 234 Å². The van der Waals surface area contributed by atoms with E-state index in [1.165, 1.54) is 12.8 Å². The van der Waals surface area contributed by atoms with Crippen LogP contribution in [0.15, 0.2) is 0 Å². The number of carbonyl (C=O) groups excluding carboxylic acids is 6. The molecule has 0 atom stereocenters. The number of hydrogen-bond donors (Lipinski definition) is 0. The van der Waals surface area contributed by atoms with Crippen molar-refractivity contribution in [2.24, 2.45) is 11.3 Å². The summed E-state index contributed by atoms with van der Waals surface area (Å²) >= 11 is 0. The van der Waals surface area contributed by atoms with Gasteiger partial charge in [0.2, 0.25) is 0 Å². The zero-order valence-electron chi connectivity index (χ0n) is 42.5. The number of unbranched alkanes of at least 4 members (excludes halogenated alkanes) is 14. The van der Waals surface area contributed by atoms with Crippen LogP contribution < -0.4 is 0 Å². The van der Waals surface area contributed by atoms with Gasteiger partial charge in [-0.15, -0.1) is 0 Å². The van der Waals surface area contributed by atoms with Crippen molar-refractivity contribution in [1.82, 2.24) is 4.90 Å². The van der Waals surface area contributed by atoms with Crippen LogP contribution in [0.2, 0.25) is 0 Å². The predicted molar refractivity (Wildman–Crippen MR) is 256 cm³/mol. The molecule has 0 fully saturated rings. The Hall–Kier alpha value is -3.22. The molecule has 0 saturated carbocycles. The monoisotopic (exact) mass is 926 g/mol. The molecular formula is C52H95NO12. The molecule has 380 valence electrons. The molecule has 13 nitrogen and oxygen atoms in total. The number of carbonyl (C=O) groups is 6. The maximum absolute atomic E-state index is 13.8. The lowest BCUT2D eigenvalue weighted by Crippen LogP contribution is -2.44. The van der Waals surface area contributed by atoms with Gasteiger partial charge in [-0.05, 0) is 84.7 Å². The molecule has 0 spiro atoms. The summed E-state index contributed by atoms with van der Waals surface area (Å²) in [5.74, 6) is -2.82. The molecule has 0 aromatic heterocycles. The minimum Gasteiger partial charge on any atom is -0.466 e. The van der Waals surface area contributed by atoms with E-state index < -0.39 is 23.3 Å². The van der Waals surface area contributed by atoms with Gasteiger partial charge in [0.05, 0.1) is 19.1 Å². The van der Waals surface area contributed by atoms with Crippen LogP contribution in [0.1, 0.15) is 228 Å². The van der Waals surface area contributed by atoms with Crippen LogP contribution in [0, 0.1) is 11.3 Å². The second-order valence-electron chi connectivity index (χ2n) is 18.3. The average Bonchev–Trinajstić information content (AvgIpc) is 3.29. The molecule has 0 unspecified atom stereocenters. The summed E-state index contributed by atoms with van der Waals surface area (Å²) < 4.78 is 34.1. The third-order valence-electron chi connectivity index (χ3n) is 11.8. The standard InChI is InChI=1S/C52H95NO12/c1-8-13-17-19-27-38-60-46(54)32-23-25-34-48(56)62-40-52(42-64-50(58)36-29-37-53(12-5)44(6)7,43-65-51(59)45(30-21-15-10-3)31-22-16-11-4)41-63-49(57)35-26-24-33-47(55)61-39-28-20-18-14-9-2/h44-45H,8-43H2,1-7H3. The molecule has 65 heavy (non-hydrogen) atoms. The molecule has 0 bridgehead atoms. The van der Waals surface area contributed by atoms with E-state index in [0.717, 1.165) is 96.4 Å². The largest absolute Gasteiger partial charge is 0.466 e. The third-order valence-corrected chi connectivity index (χ3v) is 11.8. The first kappa shape index (κ1) is 61.8. The fourth-order valence-electron chi connectivity index (χ4n) is 7.38. The SMILES string of the molecule is CCCCCCCOC(=O)CCCCC(=O)OCC(COC(=O)CCCCC(=O)OCCCCCCC)(COC(=O)CCCN(CC)C(C)C)COC(=O)C(CCCCC)CCCCC. The highest BCUT2D eigenvalue weighted by Gasteiger charge is 2.38. The summed E-state index contributed by atoms with van der Waals surface area (Å²) in [4.78, 5) is 80.1. The average molecular weight is 926 g/mol. The molecule has 0 aromatic rings. The van der Waals surface area contributed by atoms with E-state index in [-0.39, 0.29) is 82.4 Å². The van der Waals surface area contributed by atoms with Crippen molar-refractivity contribution >= 4 is 35.8 Å². The minimum absolute atomic E-state index is 0.0295. The van der Waals surface area contributed by atoms with Gasteiger partial charge in [-0.2, -0.15) is 0 Å². The Morgan fingerprint density at radius 2 is 0.738 bits per heavy atom. The molecule has 0 aliphatic rings. The fourth-order valence-corrected chi connectivity index (χ4v) is 7.38. The van der Waals surface area contributed by atoms with Crippen LogP contribution in [-0.2, 0) is 57.2 Å². The second-order valence-corrected chi connectivity index (χ2v) is 18.3. The molecule has 0 aliphatic carbocycles. The van der Waals surface area contributed by atoms with Crippen molar-refractivity contribution in [3.8, 4) is 0 Å². The van der Waals surface area contributed by atoms with Crippen LogP contribution in [0.3, 0.4) is 0 Å². The number of rotatable bonds is 45. The summed E-state index contributed by atoms with van der Waals surface area (Å²) in [6.45, 7) is 15.9. The van der Waals surface area contributed by atoms with E-state index in [4.69, 9.17) is 28.4 Å². The Balaban J connectivity index is 5.95. The maximum Gasteiger partial charge on any atom is 0.308 e. The first-order valence-electron chi connectivity index (χ1n) is 26.0. The van der Waals surface area contributed by atoms with E-state index in [9.17, 15) is 28.8 Å². The van der Waals surface area contributed by atoms with Crippen LogP contribution in [0.25, 0.3) is 0 Å². The van der Waals surface area contributed by atoms with Crippen molar-refractivity contribution in [3.05, 3.63) is 0 Å². The van der Waals surface area contributed by atoms with Crippen LogP contribution in [0.4, 0.5) is 0 Å². The van der Waals surface area contributed by atoms with Crippen LogP contribution >= 0.6 is 0 Å². The Morgan fingerprint density at radius 3 is 1.11 bits per heavy atom. The number of hydrogen-bond acceptors (Lipinski definition) is 13. The quantitative estimate of drug-likeness (QED) is 0.0323. The molecule has 0 N–H and O–H groups in total. The Bertz CT molecular complexity index is 1180. The number of nitrogens with zero attached hydrogens (tertiary/aromatic N) is 1. The van der Waals surface area contributed by atoms with Crippen molar-refractivity contribution in [1.29, 1.82) is 0 Å². The van der Waals surface area contributed by atoms with Crippen LogP contribution in [0.5, 0.6) is 0 Å². The molecule has 0 rings (SSSR count). The lowest BCUT2D eigenvalue weighted by atomic mass is 9.91. The Morgan fingerprint density at radius 1 is 0.400 bits per heavy atom. The van der Waals surface area contributed by atoms with Gasteiger partial charge in [-0.1, -0.05) is 125 Å². The number of esters is 6. The Labute approximate surface area is 395 Å². The third kappa shape index (κ3) is 35.6. The normalized spacial score (nSPS) is 11.5. The van der Waals surface area contributed by atoms with Gasteiger partial charge in [0.15, 0.2) is 0 Å². The first-order valence-corrected chi connectivity index (χ1v) is 26.0. The zero-order chi connectivity index (χ0) is 48.4. The zero-order valence-corrected chi connectivity index (χ0v) is 42.5. The molecular weight excluding hydrogens is 831 g/mol. The van der Waals surface area contributed by atoms with Gasteiger partial charge < -0.3 is 33.3 Å². The molecule has 0 amide bonds. The summed E-state index contributed by atoms with van der Waals surface area (Å²) in [5, 5.41) is 0. The van der Waals surface area contributed by atoms with E-state index in [1.54, 1.807) is 0 Å². The maximum atomic E-state index is 13.8. The highest BCUT2D eigenvalue weighted by molar-refractivity contribution is 5.73. The van der Waals surface area contributed by atoms with Gasteiger partial charge >= 0.3 is 35.8 Å². The second kappa shape index (κ2) is 42.2. The van der Waals surface area contributed by atoms with E-state index in [1.807, 2.05) is 0 Å². The molecule has 0 saturated heterocycles. The molecule has 0 heterocycles. The highest BCUT2D eigenvalue weighted by Crippen LogP contribution is 2.26. The van der Waals surface area contributed by atoms with E-state index >= 15 is 0 Å². The summed E-state index contributed by atoms with van der Waals surface area (Å²) in [6.07, 6.45) is 20.6. The predicted octanol–water partition coefficient (Wildman–Crippen LogP) is 11.6. The minimum atomic E-state index is -1.39. The molecule has 0 aromatic carbocycles. The van der Waals surface area contributed by atoms with Gasteiger partial charge in [-0.25, -0.2) is 0 Å². The topological polar surface area (TPSA) is 161 Å². The first-order chi connectivity index (χ1) is 31.4. The summed E-state index contributed by atoms with van der Waals surface area (Å²) in [5.41, 5.74) is -1.39. The van der Waals surface area contributed by atoms with Crippen molar-refractivity contribution in [3.63, 3.8) is 0 Å². The lowest BCUT2D eigenvalue weighted by Gasteiger charge is -2.32. The van der Waals surface area contributed by atoms with Crippen LogP contribution in [-0.4, -0.2) is 99.5 Å². The van der Waals surface area contributed by atoms with Gasteiger partial charge in [0, 0.05) is 38.1 Å². The fraction of sp³-hybridized carbons (Fsp3) is 0.885. The highest BCUT2D eigenvalue weighted by atomic mass is 16.6. The van der Waals surface area contributed by atoms with E-state index in [0.29, 0.717) is 70.7 Å². The summed E-state index contributed by atoms with van der Waals surface area (Å²) in [7, 11) is 0. The molecule has 0 aliphatic heterocycles. The van der Waals surface area contributed by atoms with E-state index in [2.05, 4.69) is 53.4 Å². The van der Waals surface area contributed by atoms with Crippen molar-refractivity contribution < 1.29 is 57.2 Å². The molecule has 0 radical (unpaired) electrons. The van der Waals surface area contributed by atoms with Gasteiger partial charge in [-0.3, -0.25) is 28.8 Å². The summed E-state index contributed by atoms with van der Waals surface area (Å²) in [6, 6.07) is 0.327. The number of ether oxygens (including phenoxy) is 6. The van der Waals surface area contributed by atoms with Gasteiger partial charge in [0.25, 0.3) is 0 Å². The van der Waals surface area contributed by atoms with Crippen molar-refractivity contribution in [2.75, 3.05) is 52.7 Å². The Kier molecular flexibility index (Phi) is 40.1. The molecule has 13 heteroatoms. The lowest BCUT2D eigenvalue weighted by molar-refractivity contribution is -0.172. The smallest absolute Gasteiger partial charge is 0.308 e. The van der Waals surface area contributed by atoms with Gasteiger partial charge in [0.1, 0.15) is 31.8 Å².